The van der Waals surface area contributed by atoms with Crippen LogP contribution < -0.4 is 5.73 Å². The van der Waals surface area contributed by atoms with Gasteiger partial charge in [-0.25, -0.2) is 15.0 Å². The van der Waals surface area contributed by atoms with Crippen LogP contribution in [0.2, 0.25) is 0 Å². The van der Waals surface area contributed by atoms with E-state index < -0.39 is 0 Å². The summed E-state index contributed by atoms with van der Waals surface area (Å²) in [5, 5.41) is 0. The minimum atomic E-state index is 0.403. The summed E-state index contributed by atoms with van der Waals surface area (Å²) in [4.78, 5) is 15.4. The third-order valence-corrected chi connectivity index (χ3v) is 2.36. The lowest BCUT2D eigenvalue weighted by Crippen LogP contribution is -2.07. The van der Waals surface area contributed by atoms with Crippen molar-refractivity contribution in [3.05, 3.63) is 12.2 Å². The summed E-state index contributed by atoms with van der Waals surface area (Å²) in [6.07, 6.45) is 2.23. The van der Waals surface area contributed by atoms with Crippen LogP contribution in [0, 0.1) is 5.92 Å². The number of rotatable bonds is 4. The van der Waals surface area contributed by atoms with Gasteiger partial charge in [-0.1, -0.05) is 6.92 Å². The van der Waals surface area contributed by atoms with Crippen LogP contribution in [-0.2, 0) is 11.2 Å². The average molecular weight is 221 g/mol. The standard InChI is InChI=1S/C10H15N5O/c1-6(4-16-2)3-7-14-8-9(11)12-5-13-10(8)15-7/h5-6H,3-4H2,1-2H3,(H3,11,12,13,14,15). The number of aromatic nitrogens is 4. The summed E-state index contributed by atoms with van der Waals surface area (Å²) in [5.74, 6) is 1.70. The van der Waals surface area contributed by atoms with Crippen molar-refractivity contribution >= 4 is 17.0 Å². The third-order valence-electron chi connectivity index (χ3n) is 2.36. The van der Waals surface area contributed by atoms with E-state index in [1.165, 1.54) is 6.33 Å². The molecule has 16 heavy (non-hydrogen) atoms. The van der Waals surface area contributed by atoms with Crippen molar-refractivity contribution in [3.8, 4) is 0 Å². The number of methoxy groups -OCH3 is 1. The Hall–Kier alpha value is -1.69. The molecule has 0 amide bonds. The van der Waals surface area contributed by atoms with E-state index in [2.05, 4.69) is 26.9 Å². The van der Waals surface area contributed by atoms with Crippen LogP contribution >= 0.6 is 0 Å². The summed E-state index contributed by atoms with van der Waals surface area (Å²) in [5.41, 5.74) is 7.04. The second-order valence-corrected chi connectivity index (χ2v) is 3.91. The summed E-state index contributed by atoms with van der Waals surface area (Å²) >= 11 is 0. The number of hydrogen-bond donors (Lipinski definition) is 2. The Kier molecular flexibility index (Phi) is 3.00. The monoisotopic (exact) mass is 221 g/mol. The minimum Gasteiger partial charge on any atom is -0.384 e. The van der Waals surface area contributed by atoms with Crippen molar-refractivity contribution in [2.75, 3.05) is 19.5 Å². The molecule has 3 N–H and O–H groups in total. The average Bonchev–Trinajstić information content (AvgIpc) is 2.62. The number of nitrogens with two attached hydrogens (primary N) is 1. The molecule has 2 aromatic rings. The van der Waals surface area contributed by atoms with Gasteiger partial charge < -0.3 is 15.5 Å². The maximum absolute atomic E-state index is 5.71. The molecule has 0 saturated heterocycles. The Bertz CT molecular complexity index is 481. The number of ether oxygens (including phenoxy) is 1. The summed E-state index contributed by atoms with van der Waals surface area (Å²) < 4.78 is 5.08. The molecule has 6 nitrogen and oxygen atoms in total. The van der Waals surface area contributed by atoms with Gasteiger partial charge in [0.15, 0.2) is 11.5 Å². The highest BCUT2D eigenvalue weighted by Crippen LogP contribution is 2.15. The maximum Gasteiger partial charge on any atom is 0.183 e. The number of H-pyrrole nitrogens is 1. The van der Waals surface area contributed by atoms with Gasteiger partial charge in [-0.3, -0.25) is 0 Å². The SMILES string of the molecule is COCC(C)Cc1nc2ncnc(N)c2[nH]1. The highest BCUT2D eigenvalue weighted by molar-refractivity contribution is 5.80. The number of anilines is 1. The van der Waals surface area contributed by atoms with Gasteiger partial charge >= 0.3 is 0 Å². The molecule has 1 unspecified atom stereocenters. The van der Waals surface area contributed by atoms with Gasteiger partial charge in [0.1, 0.15) is 17.7 Å². The normalized spacial score (nSPS) is 13.1. The maximum atomic E-state index is 5.71. The molecule has 0 aromatic carbocycles. The lowest BCUT2D eigenvalue weighted by atomic mass is 10.1. The van der Waals surface area contributed by atoms with Gasteiger partial charge in [-0.2, -0.15) is 0 Å². The number of fused-ring (bicyclic) bond motifs is 1. The fourth-order valence-electron chi connectivity index (χ4n) is 1.66. The molecule has 6 heteroatoms. The van der Waals surface area contributed by atoms with Gasteiger partial charge in [0.25, 0.3) is 0 Å². The van der Waals surface area contributed by atoms with Crippen LogP contribution in [-0.4, -0.2) is 33.7 Å². The van der Waals surface area contributed by atoms with E-state index >= 15 is 0 Å². The number of nitrogen functional groups attached to an aromatic ring is 1. The van der Waals surface area contributed by atoms with Crippen molar-refractivity contribution < 1.29 is 4.74 Å². The Morgan fingerprint density at radius 1 is 1.50 bits per heavy atom. The first-order chi connectivity index (χ1) is 7.70. The molecule has 2 aromatic heterocycles. The fraction of sp³-hybridized carbons (Fsp3) is 0.500. The van der Waals surface area contributed by atoms with Crippen molar-refractivity contribution in [1.29, 1.82) is 0 Å². The van der Waals surface area contributed by atoms with E-state index in [4.69, 9.17) is 10.5 Å². The smallest absolute Gasteiger partial charge is 0.183 e. The second-order valence-electron chi connectivity index (χ2n) is 3.91. The third kappa shape index (κ3) is 2.11. The van der Waals surface area contributed by atoms with Crippen LogP contribution in [0.3, 0.4) is 0 Å². The summed E-state index contributed by atoms with van der Waals surface area (Å²) in [6, 6.07) is 0. The predicted molar refractivity (Wildman–Crippen MR) is 60.8 cm³/mol. The largest absolute Gasteiger partial charge is 0.384 e. The van der Waals surface area contributed by atoms with Crippen LogP contribution in [0.5, 0.6) is 0 Å². The highest BCUT2D eigenvalue weighted by atomic mass is 16.5. The number of imidazole rings is 1. The van der Waals surface area contributed by atoms with E-state index in [1.807, 2.05) is 0 Å². The zero-order chi connectivity index (χ0) is 11.5. The lowest BCUT2D eigenvalue weighted by Gasteiger charge is -2.06. The molecule has 0 aliphatic heterocycles. The highest BCUT2D eigenvalue weighted by Gasteiger charge is 2.10. The molecular formula is C10H15N5O. The van der Waals surface area contributed by atoms with Gasteiger partial charge in [0, 0.05) is 20.1 Å². The molecule has 0 bridgehead atoms. The van der Waals surface area contributed by atoms with Gasteiger partial charge in [0.05, 0.1) is 0 Å². The second kappa shape index (κ2) is 4.44. The Labute approximate surface area is 93.3 Å². The first-order valence-electron chi connectivity index (χ1n) is 5.14. The molecule has 0 saturated carbocycles. The zero-order valence-electron chi connectivity index (χ0n) is 9.40. The van der Waals surface area contributed by atoms with E-state index in [0.717, 1.165) is 12.2 Å². The molecule has 0 fully saturated rings. The minimum absolute atomic E-state index is 0.403. The van der Waals surface area contributed by atoms with Crippen molar-refractivity contribution in [3.63, 3.8) is 0 Å². The lowest BCUT2D eigenvalue weighted by molar-refractivity contribution is 0.159. The van der Waals surface area contributed by atoms with E-state index in [9.17, 15) is 0 Å². The summed E-state index contributed by atoms with van der Waals surface area (Å²) in [6.45, 7) is 2.81. The molecule has 0 spiro atoms. The number of nitrogens with one attached hydrogen (secondary N) is 1. The predicted octanol–water partition coefficient (Wildman–Crippen LogP) is 0.760. The first kappa shape index (κ1) is 10.8. The molecule has 0 aliphatic carbocycles. The van der Waals surface area contributed by atoms with Crippen molar-refractivity contribution in [2.24, 2.45) is 5.92 Å². The topological polar surface area (TPSA) is 89.7 Å². The molecule has 1 atom stereocenters. The molecular weight excluding hydrogens is 206 g/mol. The molecule has 2 rings (SSSR count). The van der Waals surface area contributed by atoms with Crippen LogP contribution in [0.1, 0.15) is 12.7 Å². The fourth-order valence-corrected chi connectivity index (χ4v) is 1.66. The quantitative estimate of drug-likeness (QED) is 0.795. The number of nitrogens with zero attached hydrogens (tertiary/aromatic N) is 3. The van der Waals surface area contributed by atoms with Crippen LogP contribution in [0.25, 0.3) is 11.2 Å². The van der Waals surface area contributed by atoms with Crippen molar-refractivity contribution in [1.82, 2.24) is 19.9 Å². The van der Waals surface area contributed by atoms with Gasteiger partial charge in [0.2, 0.25) is 0 Å². The number of aromatic amines is 1. The van der Waals surface area contributed by atoms with E-state index in [1.54, 1.807) is 7.11 Å². The molecule has 0 radical (unpaired) electrons. The van der Waals surface area contributed by atoms with E-state index in [0.29, 0.717) is 29.5 Å². The molecule has 2 heterocycles. The number of hydrogen-bond acceptors (Lipinski definition) is 5. The Morgan fingerprint density at radius 3 is 3.00 bits per heavy atom. The molecule has 86 valence electrons. The molecule has 0 aliphatic rings. The van der Waals surface area contributed by atoms with Gasteiger partial charge in [-0.05, 0) is 5.92 Å². The van der Waals surface area contributed by atoms with Crippen molar-refractivity contribution in [2.45, 2.75) is 13.3 Å². The zero-order valence-corrected chi connectivity index (χ0v) is 9.40. The Morgan fingerprint density at radius 2 is 2.31 bits per heavy atom. The Balaban J connectivity index is 2.23. The van der Waals surface area contributed by atoms with E-state index in [-0.39, 0.29) is 0 Å². The van der Waals surface area contributed by atoms with Crippen LogP contribution in [0.15, 0.2) is 6.33 Å². The summed E-state index contributed by atoms with van der Waals surface area (Å²) in [7, 11) is 1.69. The van der Waals surface area contributed by atoms with Crippen LogP contribution in [0.4, 0.5) is 5.82 Å². The first-order valence-corrected chi connectivity index (χ1v) is 5.14. The van der Waals surface area contributed by atoms with Gasteiger partial charge in [-0.15, -0.1) is 0 Å².